The summed E-state index contributed by atoms with van der Waals surface area (Å²) >= 11 is 0. The fourth-order valence-electron chi connectivity index (χ4n) is 6.75. The van der Waals surface area contributed by atoms with Gasteiger partial charge in [0.15, 0.2) is 0 Å². The molecule has 0 aliphatic heterocycles. The third-order valence-corrected chi connectivity index (χ3v) is 9.28. The lowest BCUT2D eigenvalue weighted by atomic mass is 9.84. The van der Waals surface area contributed by atoms with Gasteiger partial charge < -0.3 is 27.7 Å². The maximum atomic E-state index is 13.0. The van der Waals surface area contributed by atoms with Gasteiger partial charge in [-0.05, 0) is 85.9 Å². The van der Waals surface area contributed by atoms with Crippen LogP contribution in [0.3, 0.4) is 0 Å². The number of hydrogen-bond acceptors (Lipinski definition) is 6. The van der Waals surface area contributed by atoms with E-state index in [9.17, 15) is 4.79 Å². The summed E-state index contributed by atoms with van der Waals surface area (Å²) in [5.74, 6) is 0.459. The quantitative estimate of drug-likeness (QED) is 0.0773. The third kappa shape index (κ3) is 9.81. The summed E-state index contributed by atoms with van der Waals surface area (Å²) in [5.41, 5.74) is 31.4. The highest BCUT2D eigenvalue weighted by Gasteiger charge is 2.26. The number of hydrogen-bond donors (Lipinski definition) is 4. The molecule has 0 radical (unpaired) electrons. The van der Waals surface area contributed by atoms with Crippen molar-refractivity contribution >= 4 is 22.9 Å². The van der Waals surface area contributed by atoms with Crippen LogP contribution in [0.2, 0.25) is 0 Å². The summed E-state index contributed by atoms with van der Waals surface area (Å²) in [6.45, 7) is 6.47. The van der Waals surface area contributed by atoms with Crippen LogP contribution in [0.4, 0.5) is 11.4 Å². The summed E-state index contributed by atoms with van der Waals surface area (Å²) in [6.07, 6.45) is 16.8. The maximum Gasteiger partial charge on any atom is 0.339 e. The first-order valence-electron chi connectivity index (χ1n) is 17.1. The highest BCUT2D eigenvalue weighted by Crippen LogP contribution is 2.35. The number of carbonyl (C=O) groups excluding carboxylic acids is 1. The molecule has 8 N–H and O–H groups in total. The molecule has 0 spiro atoms. The van der Waals surface area contributed by atoms with Gasteiger partial charge in [0.25, 0.3) is 0 Å². The lowest BCUT2D eigenvalue weighted by Gasteiger charge is -2.28. The molecule has 0 unspecified atom stereocenters. The second kappa shape index (κ2) is 16.6. The first-order chi connectivity index (χ1) is 22.1. The van der Waals surface area contributed by atoms with Crippen LogP contribution in [0, 0.1) is 12.8 Å². The van der Waals surface area contributed by atoms with E-state index in [0.717, 1.165) is 37.2 Å². The molecule has 0 bridgehead atoms. The Morgan fingerprint density at radius 3 is 2.22 bits per heavy atom. The number of anilines is 2. The third-order valence-electron chi connectivity index (χ3n) is 9.28. The van der Waals surface area contributed by atoms with Crippen LogP contribution < -0.4 is 22.9 Å². The van der Waals surface area contributed by atoms with Gasteiger partial charge in [-0.25, -0.2) is 4.79 Å². The second-order valence-electron chi connectivity index (χ2n) is 13.3. The van der Waals surface area contributed by atoms with Gasteiger partial charge >= 0.3 is 5.97 Å². The lowest BCUT2D eigenvalue weighted by molar-refractivity contribution is 0.0161. The molecule has 46 heavy (non-hydrogen) atoms. The molecule has 2 aliphatic carbocycles. The van der Waals surface area contributed by atoms with E-state index in [2.05, 4.69) is 45.0 Å². The molecule has 0 amide bonds. The predicted molar refractivity (Wildman–Crippen MR) is 194 cm³/mol. The first kappa shape index (κ1) is 35.0. The monoisotopic (exact) mass is 622 g/mol. The number of nitrogens with two attached hydrogens (primary N) is 4. The van der Waals surface area contributed by atoms with Gasteiger partial charge in [0.05, 0.1) is 11.2 Å². The minimum absolute atomic E-state index is 0.0138. The minimum atomic E-state index is -0.684. The molecule has 5 rings (SSSR count). The number of carbonyl (C=O) groups is 1. The SMILES string of the molecule is CC1=C(c2ccccc2C)C=CC(N)(N)C1.CCCCCCCC1CCC(OC(=O)c2cc(N)cc(N)c2-c2ccccc2)CC1. The fraction of sp³-hybridized carbons (Fsp3) is 0.425. The average molecular weight is 623 g/mol. The smallest absolute Gasteiger partial charge is 0.339 e. The van der Waals surface area contributed by atoms with Gasteiger partial charge in [-0.1, -0.05) is 112 Å². The molecular formula is C40H54N4O2. The van der Waals surface area contributed by atoms with E-state index in [0.29, 0.717) is 28.9 Å². The van der Waals surface area contributed by atoms with Crippen LogP contribution in [0.15, 0.2) is 84.5 Å². The Kier molecular flexibility index (Phi) is 12.6. The normalized spacial score (nSPS) is 18.9. The number of benzene rings is 3. The van der Waals surface area contributed by atoms with E-state index < -0.39 is 5.66 Å². The minimum Gasteiger partial charge on any atom is -0.459 e. The van der Waals surface area contributed by atoms with Crippen molar-refractivity contribution < 1.29 is 9.53 Å². The van der Waals surface area contributed by atoms with Crippen molar-refractivity contribution in [3.05, 3.63) is 101 Å². The van der Waals surface area contributed by atoms with Crippen LogP contribution in [0.25, 0.3) is 16.7 Å². The Balaban J connectivity index is 0.000000252. The van der Waals surface area contributed by atoms with Crippen LogP contribution in [0.5, 0.6) is 0 Å². The Morgan fingerprint density at radius 1 is 0.870 bits per heavy atom. The number of aryl methyl sites for hydroxylation is 1. The number of nitrogen functional groups attached to an aromatic ring is 2. The summed E-state index contributed by atoms with van der Waals surface area (Å²) in [5, 5.41) is 0. The molecule has 6 nitrogen and oxygen atoms in total. The highest BCUT2D eigenvalue weighted by atomic mass is 16.5. The van der Waals surface area contributed by atoms with E-state index in [4.69, 9.17) is 27.7 Å². The van der Waals surface area contributed by atoms with Crippen LogP contribution in [-0.4, -0.2) is 17.7 Å². The Hall–Kier alpha value is -3.87. The zero-order chi connectivity index (χ0) is 33.1. The van der Waals surface area contributed by atoms with Crippen molar-refractivity contribution in [2.75, 3.05) is 11.5 Å². The average Bonchev–Trinajstić information content (AvgIpc) is 3.02. The molecule has 6 heteroatoms. The van der Waals surface area contributed by atoms with Gasteiger partial charge in [0.2, 0.25) is 0 Å². The summed E-state index contributed by atoms with van der Waals surface area (Å²) < 4.78 is 5.91. The molecule has 2 aliphatic rings. The summed E-state index contributed by atoms with van der Waals surface area (Å²) in [7, 11) is 0. The number of esters is 1. The molecule has 246 valence electrons. The Labute approximate surface area is 276 Å². The fourth-order valence-corrected chi connectivity index (χ4v) is 6.75. The lowest BCUT2D eigenvalue weighted by Crippen LogP contribution is -2.48. The summed E-state index contributed by atoms with van der Waals surface area (Å²) in [6, 6.07) is 21.5. The Bertz CT molecular complexity index is 1500. The van der Waals surface area contributed by atoms with Gasteiger partial charge in [-0.15, -0.1) is 0 Å². The zero-order valence-corrected chi connectivity index (χ0v) is 28.1. The molecule has 3 aromatic rings. The number of allylic oxidation sites excluding steroid dienone is 2. The molecule has 3 aromatic carbocycles. The molecule has 0 aromatic heterocycles. The molecule has 0 atom stereocenters. The van der Waals surface area contributed by atoms with Crippen molar-refractivity contribution in [2.45, 2.75) is 103 Å². The van der Waals surface area contributed by atoms with E-state index in [1.165, 1.54) is 60.8 Å². The van der Waals surface area contributed by atoms with Crippen molar-refractivity contribution in [2.24, 2.45) is 17.4 Å². The van der Waals surface area contributed by atoms with Gasteiger partial charge in [0, 0.05) is 23.4 Å². The molecular weight excluding hydrogens is 568 g/mol. The molecule has 1 saturated carbocycles. The number of unbranched alkanes of at least 4 members (excludes halogenated alkanes) is 4. The largest absolute Gasteiger partial charge is 0.459 e. The van der Waals surface area contributed by atoms with Gasteiger partial charge in [0.1, 0.15) is 6.10 Å². The van der Waals surface area contributed by atoms with Crippen molar-refractivity contribution in [3.8, 4) is 11.1 Å². The maximum absolute atomic E-state index is 13.0. The van der Waals surface area contributed by atoms with E-state index in [1.54, 1.807) is 12.1 Å². The number of ether oxygens (including phenoxy) is 1. The highest BCUT2D eigenvalue weighted by molar-refractivity contribution is 6.02. The molecule has 0 saturated heterocycles. The summed E-state index contributed by atoms with van der Waals surface area (Å²) in [4.78, 5) is 13.0. The molecule has 1 fully saturated rings. The van der Waals surface area contributed by atoms with Gasteiger partial charge in [-0.2, -0.15) is 0 Å². The van der Waals surface area contributed by atoms with E-state index >= 15 is 0 Å². The number of rotatable bonds is 10. The van der Waals surface area contributed by atoms with Crippen molar-refractivity contribution in [3.63, 3.8) is 0 Å². The van der Waals surface area contributed by atoms with Crippen LogP contribution in [0.1, 0.15) is 106 Å². The standard InChI is InChI=1S/C26H36N2O2.C14H18N2/c1-2-3-4-5-7-10-19-13-15-22(16-14-19)30-26(29)23-17-21(27)18-24(28)25(23)20-11-8-6-9-12-20;1-10-5-3-4-6-12(10)13-7-8-14(15,16)9-11(13)2/h6,8-9,11-12,17-19,22H,2-5,7,10,13-16,27-28H2,1H3;3-8H,9,15-16H2,1-2H3. The topological polar surface area (TPSA) is 130 Å². The predicted octanol–water partition coefficient (Wildman–Crippen LogP) is 8.94. The molecule has 0 heterocycles. The van der Waals surface area contributed by atoms with E-state index in [-0.39, 0.29) is 12.1 Å². The zero-order valence-electron chi connectivity index (χ0n) is 28.1. The second-order valence-corrected chi connectivity index (χ2v) is 13.3. The van der Waals surface area contributed by atoms with Crippen molar-refractivity contribution in [1.29, 1.82) is 0 Å². The van der Waals surface area contributed by atoms with Crippen LogP contribution in [-0.2, 0) is 4.74 Å². The van der Waals surface area contributed by atoms with Gasteiger partial charge in [-0.3, -0.25) is 0 Å². The Morgan fingerprint density at radius 2 is 1.54 bits per heavy atom. The first-order valence-corrected chi connectivity index (χ1v) is 17.1. The van der Waals surface area contributed by atoms with Crippen molar-refractivity contribution in [1.82, 2.24) is 0 Å². The van der Waals surface area contributed by atoms with Crippen LogP contribution >= 0.6 is 0 Å². The van der Waals surface area contributed by atoms with E-state index in [1.807, 2.05) is 42.5 Å².